The van der Waals surface area contributed by atoms with Gasteiger partial charge in [0.2, 0.25) is 0 Å². The Balaban J connectivity index is 2.89. The number of aldehydes is 1. The van der Waals surface area contributed by atoms with Crippen LogP contribution in [-0.4, -0.2) is 12.3 Å². The molecule has 0 aromatic carbocycles. The Morgan fingerprint density at radius 2 is 2.92 bits per heavy atom. The molecule has 68 valence electrons. The highest BCUT2D eigenvalue weighted by Crippen LogP contribution is 2.20. The van der Waals surface area contributed by atoms with Gasteiger partial charge in [-0.05, 0) is 12.5 Å². The first kappa shape index (κ1) is 4.45. The summed E-state index contributed by atoms with van der Waals surface area (Å²) in [6, 6.07) is -0.482. The van der Waals surface area contributed by atoms with Crippen LogP contribution < -0.4 is 0 Å². The van der Waals surface area contributed by atoms with Crippen molar-refractivity contribution < 1.29 is 16.4 Å². The minimum atomic E-state index is -2.62. The van der Waals surface area contributed by atoms with E-state index >= 15 is 0 Å². The summed E-state index contributed by atoms with van der Waals surface area (Å²) < 4.78 is 42.1. The number of rotatable bonds is 5. The smallest absolute Gasteiger partial charge is 0.160 e. The van der Waals surface area contributed by atoms with Crippen molar-refractivity contribution >= 4 is 6.26 Å². The number of hydrogen-bond donors (Lipinski definition) is 0. The topological polar surface area (TPSA) is 26.3 Å². The fraction of sp³-hybridized carbons (Fsp3) is 0.700. The van der Waals surface area contributed by atoms with Crippen LogP contribution in [0.2, 0.25) is 0 Å². The van der Waals surface area contributed by atoms with Crippen LogP contribution in [0.3, 0.4) is 0 Å². The maximum absolute atomic E-state index is 11.0. The van der Waals surface area contributed by atoms with Crippen molar-refractivity contribution in [2.24, 2.45) is 0 Å². The van der Waals surface area contributed by atoms with Gasteiger partial charge in [0.15, 0.2) is 12.3 Å². The molecule has 1 heterocycles. The maximum Gasteiger partial charge on any atom is 0.160 e. The van der Waals surface area contributed by atoms with Gasteiger partial charge in [0.1, 0.15) is 1.37 Å². The van der Waals surface area contributed by atoms with E-state index in [1.54, 1.807) is 0 Å². The van der Waals surface area contributed by atoms with Crippen molar-refractivity contribution in [1.29, 1.82) is 0 Å². The standard InChI is InChI=1S/C10H16O2/c1-2-3-4-5-9-6-7-10(8-11)12-9/h6,8,10H,2-5,7H2,1H3/i6D,7D2,8D,10D. The van der Waals surface area contributed by atoms with Gasteiger partial charge in [-0.3, -0.25) is 4.79 Å². The Hall–Kier alpha value is -0.790. The molecule has 12 heavy (non-hydrogen) atoms. The van der Waals surface area contributed by atoms with Crippen molar-refractivity contribution in [1.82, 2.24) is 0 Å². The van der Waals surface area contributed by atoms with Gasteiger partial charge in [-0.25, -0.2) is 0 Å². The van der Waals surface area contributed by atoms with Gasteiger partial charge in [-0.15, -0.1) is 0 Å². The molecule has 0 fully saturated rings. The molecule has 0 N–H and O–H groups in total. The molecule has 0 aromatic rings. The lowest BCUT2D eigenvalue weighted by Crippen LogP contribution is -2.06. The summed E-state index contributed by atoms with van der Waals surface area (Å²) in [5, 5.41) is 0. The second kappa shape index (κ2) is 4.96. The van der Waals surface area contributed by atoms with Crippen molar-refractivity contribution in [3.63, 3.8) is 0 Å². The maximum atomic E-state index is 11.0. The molecule has 0 bridgehead atoms. The predicted molar refractivity (Wildman–Crippen MR) is 47.8 cm³/mol. The molecule has 0 aliphatic carbocycles. The zero-order valence-corrected chi connectivity index (χ0v) is 7.14. The molecule has 2 nitrogen and oxygen atoms in total. The lowest BCUT2D eigenvalue weighted by Gasteiger charge is -2.06. The third kappa shape index (κ3) is 2.68. The van der Waals surface area contributed by atoms with Gasteiger partial charge >= 0.3 is 0 Å². The van der Waals surface area contributed by atoms with Crippen LogP contribution in [0.5, 0.6) is 0 Å². The second-order valence-corrected chi connectivity index (χ2v) is 2.66. The van der Waals surface area contributed by atoms with E-state index in [0.717, 1.165) is 12.8 Å². The van der Waals surface area contributed by atoms with Crippen molar-refractivity contribution in [2.75, 3.05) is 0 Å². The molecule has 2 heteroatoms. The SMILES string of the molecule is [2H]C(=O)C1([2H])OC(CCCCC)=C([2H])C1([2H])[2H]. The Labute approximate surface area is 80.6 Å². The number of hydrogen-bond acceptors (Lipinski definition) is 2. The minimum Gasteiger partial charge on any atom is -0.487 e. The van der Waals surface area contributed by atoms with Gasteiger partial charge in [-0.2, -0.15) is 0 Å². The van der Waals surface area contributed by atoms with Crippen LogP contribution >= 0.6 is 0 Å². The Kier molecular flexibility index (Phi) is 1.84. The molecule has 1 aliphatic heterocycles. The molecule has 0 saturated heterocycles. The Morgan fingerprint density at radius 1 is 2.08 bits per heavy atom. The monoisotopic (exact) mass is 173 g/mol. The highest BCUT2D eigenvalue weighted by Gasteiger charge is 2.15. The number of carbonyl (C=O) groups is 1. The van der Waals surface area contributed by atoms with E-state index in [1.165, 1.54) is 0 Å². The van der Waals surface area contributed by atoms with Gasteiger partial charge in [0.05, 0.1) is 8.50 Å². The van der Waals surface area contributed by atoms with E-state index in [4.69, 9.17) is 11.6 Å². The van der Waals surface area contributed by atoms with Gasteiger partial charge < -0.3 is 4.74 Å². The van der Waals surface area contributed by atoms with E-state index < -0.39 is 24.8 Å². The molecule has 1 rings (SSSR count). The average Bonchev–Trinajstić information content (AvgIpc) is 2.41. The Bertz CT molecular complexity index is 353. The van der Waals surface area contributed by atoms with Crippen LogP contribution in [0, 0.1) is 0 Å². The number of allylic oxidation sites excluding steroid dienone is 1. The second-order valence-electron chi connectivity index (χ2n) is 2.66. The molecular weight excluding hydrogens is 152 g/mol. The lowest BCUT2D eigenvalue weighted by atomic mass is 10.2. The summed E-state index contributed by atoms with van der Waals surface area (Å²) in [5.41, 5.74) is 0. The summed E-state index contributed by atoms with van der Waals surface area (Å²) in [4.78, 5) is 11.0. The number of carbonyl (C=O) groups excluding carboxylic acids is 1. The molecule has 1 atom stereocenters. The fourth-order valence-corrected chi connectivity index (χ4v) is 0.996. The molecular formula is C10H16O2. The van der Waals surface area contributed by atoms with Crippen LogP contribution in [0.1, 0.15) is 45.8 Å². The first-order valence-electron chi connectivity index (χ1n) is 6.67. The van der Waals surface area contributed by atoms with E-state index in [0.29, 0.717) is 12.8 Å². The van der Waals surface area contributed by atoms with Crippen LogP contribution in [-0.2, 0) is 9.53 Å². The summed E-state index contributed by atoms with van der Waals surface area (Å²) in [7, 11) is 0. The molecule has 1 unspecified atom stereocenters. The van der Waals surface area contributed by atoms with Gasteiger partial charge in [0, 0.05) is 15.5 Å². The van der Waals surface area contributed by atoms with E-state index in [1.807, 2.05) is 6.92 Å². The van der Waals surface area contributed by atoms with Gasteiger partial charge in [-0.1, -0.05) is 19.8 Å². The molecule has 0 amide bonds. The van der Waals surface area contributed by atoms with E-state index in [2.05, 4.69) is 0 Å². The normalized spacial score (nSPS) is 38.9. The molecule has 0 radical (unpaired) electrons. The first-order chi connectivity index (χ1) is 7.77. The molecule has 0 aromatic heterocycles. The minimum absolute atomic E-state index is 0.0269. The lowest BCUT2D eigenvalue weighted by molar-refractivity contribution is -0.114. The zero-order chi connectivity index (χ0) is 13.3. The van der Waals surface area contributed by atoms with Crippen molar-refractivity contribution in [2.45, 2.75) is 45.1 Å². The van der Waals surface area contributed by atoms with Gasteiger partial charge in [0.25, 0.3) is 0 Å². The highest BCUT2D eigenvalue weighted by atomic mass is 16.5. The summed E-state index contributed by atoms with van der Waals surface area (Å²) in [5.74, 6) is 0.0269. The largest absolute Gasteiger partial charge is 0.487 e. The van der Waals surface area contributed by atoms with Crippen LogP contribution in [0.25, 0.3) is 0 Å². The van der Waals surface area contributed by atoms with Crippen molar-refractivity contribution in [3.8, 4) is 0 Å². The number of ether oxygens (including phenoxy) is 1. The molecule has 0 saturated carbocycles. The van der Waals surface area contributed by atoms with Crippen LogP contribution in [0.15, 0.2) is 11.8 Å². The third-order valence-electron chi connectivity index (χ3n) is 1.64. The summed E-state index contributed by atoms with van der Waals surface area (Å²) in [6.07, 6.45) is -3.70. The summed E-state index contributed by atoms with van der Waals surface area (Å²) in [6.45, 7) is 2.01. The Morgan fingerprint density at radius 3 is 3.50 bits per heavy atom. The van der Waals surface area contributed by atoms with Crippen molar-refractivity contribution in [3.05, 3.63) is 11.8 Å². The fourth-order valence-electron chi connectivity index (χ4n) is 0.996. The predicted octanol–water partition coefficient (Wildman–Crippen LogP) is 2.44. The summed E-state index contributed by atoms with van der Waals surface area (Å²) >= 11 is 0. The quantitative estimate of drug-likeness (QED) is 0.471. The average molecular weight is 173 g/mol. The molecule has 0 spiro atoms. The zero-order valence-electron chi connectivity index (χ0n) is 12.1. The van der Waals surface area contributed by atoms with E-state index in [-0.39, 0.29) is 5.76 Å². The highest BCUT2D eigenvalue weighted by molar-refractivity contribution is 5.57. The molecule has 1 aliphatic rings. The van der Waals surface area contributed by atoms with E-state index in [9.17, 15) is 4.79 Å². The third-order valence-corrected chi connectivity index (χ3v) is 1.64. The first-order valence-corrected chi connectivity index (χ1v) is 4.17. The number of unbranched alkanes of at least 4 members (excludes halogenated alkanes) is 2. The van der Waals surface area contributed by atoms with Crippen LogP contribution in [0.4, 0.5) is 0 Å².